The van der Waals surface area contributed by atoms with Crippen molar-refractivity contribution >= 4 is 28.4 Å². The van der Waals surface area contributed by atoms with Crippen LogP contribution < -0.4 is 0 Å². The lowest BCUT2D eigenvalue weighted by molar-refractivity contribution is -0.138. The average Bonchev–Trinajstić information content (AvgIpc) is 3.62. The molecule has 1 aromatic heterocycles. The van der Waals surface area contributed by atoms with Gasteiger partial charge in [0.25, 0.3) is 5.91 Å². The van der Waals surface area contributed by atoms with Crippen LogP contribution in [0, 0.1) is 0 Å². The maximum Gasteiger partial charge on any atom is 0.290 e. The van der Waals surface area contributed by atoms with Gasteiger partial charge in [0.15, 0.2) is 5.82 Å². The normalized spacial score (nSPS) is 24.6. The second-order valence-electron chi connectivity index (χ2n) is 9.95. The van der Waals surface area contributed by atoms with E-state index < -0.39 is 0 Å². The number of fused-ring (bicyclic) bond motifs is 1. The molecule has 7 nitrogen and oxygen atoms in total. The minimum absolute atomic E-state index is 0.00350. The van der Waals surface area contributed by atoms with Gasteiger partial charge in [-0.1, -0.05) is 6.08 Å². The van der Waals surface area contributed by atoms with E-state index in [0.717, 1.165) is 47.9 Å². The Hall–Kier alpha value is -2.67. The van der Waals surface area contributed by atoms with Gasteiger partial charge in [-0.05, 0) is 81.6 Å². The number of aromatic nitrogens is 2. The Morgan fingerprint density at radius 3 is 2.48 bits per heavy atom. The van der Waals surface area contributed by atoms with E-state index in [4.69, 9.17) is 4.98 Å². The van der Waals surface area contributed by atoms with Gasteiger partial charge in [0.2, 0.25) is 5.91 Å². The number of hydrogen-bond donors (Lipinski definition) is 1. The smallest absolute Gasteiger partial charge is 0.290 e. The van der Waals surface area contributed by atoms with Gasteiger partial charge < -0.3 is 19.5 Å². The van der Waals surface area contributed by atoms with E-state index in [2.05, 4.69) is 25.1 Å². The predicted octanol–water partition coefficient (Wildman–Crippen LogP) is 3.46. The van der Waals surface area contributed by atoms with Crippen molar-refractivity contribution in [1.82, 2.24) is 19.4 Å². The molecule has 2 heterocycles. The Balaban J connectivity index is 1.40. The molecule has 3 aliphatic rings. The zero-order chi connectivity index (χ0) is 23.3. The molecule has 0 radical (unpaired) electrons. The Morgan fingerprint density at radius 1 is 1.12 bits per heavy atom. The maximum absolute atomic E-state index is 13.5. The molecule has 0 spiro atoms. The summed E-state index contributed by atoms with van der Waals surface area (Å²) in [6, 6.07) is 4.60. The third-order valence-corrected chi connectivity index (χ3v) is 7.76. The van der Waals surface area contributed by atoms with Crippen molar-refractivity contribution in [2.75, 3.05) is 19.6 Å². The minimum Gasteiger partial charge on any atom is -0.393 e. The Morgan fingerprint density at radius 2 is 1.85 bits per heavy atom. The highest BCUT2D eigenvalue weighted by Crippen LogP contribution is 2.42. The van der Waals surface area contributed by atoms with Gasteiger partial charge in [0.1, 0.15) is 6.54 Å². The summed E-state index contributed by atoms with van der Waals surface area (Å²) >= 11 is 0. The number of nitrogens with zero attached hydrogens (tertiary/aromatic N) is 4. The number of aryl methyl sites for hydroxylation is 1. The van der Waals surface area contributed by atoms with Crippen LogP contribution in [0.5, 0.6) is 0 Å². The van der Waals surface area contributed by atoms with Crippen molar-refractivity contribution < 1.29 is 14.7 Å². The highest BCUT2D eigenvalue weighted by Gasteiger charge is 2.35. The zero-order valence-electron chi connectivity index (χ0n) is 19.9. The summed E-state index contributed by atoms with van der Waals surface area (Å²) in [6.45, 7) is 5.27. The van der Waals surface area contributed by atoms with E-state index in [1.165, 1.54) is 18.4 Å². The highest BCUT2D eigenvalue weighted by atomic mass is 16.3. The lowest BCUT2D eigenvalue weighted by Crippen LogP contribution is -2.56. The Bertz CT molecular complexity index is 1120. The zero-order valence-corrected chi connectivity index (χ0v) is 19.9. The van der Waals surface area contributed by atoms with Crippen LogP contribution in [-0.4, -0.2) is 68.1 Å². The van der Waals surface area contributed by atoms with E-state index in [0.29, 0.717) is 24.8 Å². The van der Waals surface area contributed by atoms with Crippen molar-refractivity contribution in [1.29, 1.82) is 0 Å². The molecule has 7 heteroatoms. The second kappa shape index (κ2) is 8.60. The lowest BCUT2D eigenvalue weighted by atomic mass is 9.91. The summed E-state index contributed by atoms with van der Waals surface area (Å²) in [7, 11) is 1.90. The molecule has 3 fully saturated rings. The van der Waals surface area contributed by atoms with Gasteiger partial charge in [-0.2, -0.15) is 0 Å². The van der Waals surface area contributed by atoms with Gasteiger partial charge in [-0.25, -0.2) is 4.98 Å². The number of piperazine rings is 1. The molecule has 1 N–H and O–H groups in total. The summed E-state index contributed by atoms with van der Waals surface area (Å²) < 4.78 is 1.90. The van der Waals surface area contributed by atoms with Gasteiger partial charge >= 0.3 is 0 Å². The van der Waals surface area contributed by atoms with Crippen LogP contribution in [0.1, 0.15) is 80.0 Å². The first-order valence-corrected chi connectivity index (χ1v) is 12.3. The van der Waals surface area contributed by atoms with Crippen molar-refractivity contribution in [3.05, 3.63) is 35.2 Å². The van der Waals surface area contributed by atoms with Gasteiger partial charge in [0.05, 0.1) is 17.1 Å². The number of carbonyl (C=O) groups is 2. The standard InChI is InChI=1S/C26H34N4O3/c1-4-16(2)21-13-18(17-5-6-17)14-22-24(21)27-25(28(22)3)26(33)29-11-12-30(23(32)15-29)19-7-9-20(31)10-8-19/h4,13-14,17,19-20,31H,5-12,15H2,1-3H3/b16-4+/t19-,20-. The second-order valence-corrected chi connectivity index (χ2v) is 9.95. The van der Waals surface area contributed by atoms with E-state index in [-0.39, 0.29) is 30.5 Å². The number of hydrogen-bond acceptors (Lipinski definition) is 4. The number of imidazole rings is 1. The largest absolute Gasteiger partial charge is 0.393 e. The number of rotatable bonds is 4. The van der Waals surface area contributed by atoms with Crippen molar-refractivity contribution in [2.24, 2.45) is 7.05 Å². The minimum atomic E-state index is -0.242. The molecule has 1 aromatic carbocycles. The lowest BCUT2D eigenvalue weighted by Gasteiger charge is -2.41. The molecule has 1 aliphatic heterocycles. The van der Waals surface area contributed by atoms with Crippen molar-refractivity contribution in [3.63, 3.8) is 0 Å². The van der Waals surface area contributed by atoms with E-state index in [1.807, 2.05) is 23.4 Å². The quantitative estimate of drug-likeness (QED) is 0.774. The van der Waals surface area contributed by atoms with Crippen LogP contribution in [0.2, 0.25) is 0 Å². The van der Waals surface area contributed by atoms with Crippen LogP contribution in [0.25, 0.3) is 16.6 Å². The van der Waals surface area contributed by atoms with Crippen LogP contribution in [0.3, 0.4) is 0 Å². The SMILES string of the molecule is C/C=C(\C)c1cc(C2CC2)cc2c1nc(C(=O)N1CCN([C@H]3CC[C@H](O)CC3)C(=O)C1)n2C. The number of benzene rings is 1. The molecule has 33 heavy (non-hydrogen) atoms. The summed E-state index contributed by atoms with van der Waals surface area (Å²) in [6.07, 6.45) is 7.44. The molecule has 2 aromatic rings. The fraction of sp³-hybridized carbons (Fsp3) is 0.577. The summed E-state index contributed by atoms with van der Waals surface area (Å²) in [5.41, 5.74) is 5.39. The average molecular weight is 451 g/mol. The molecule has 1 saturated heterocycles. The number of allylic oxidation sites excluding steroid dienone is 2. The molecular formula is C26H34N4O3. The molecule has 5 rings (SSSR count). The third kappa shape index (κ3) is 4.07. The Kier molecular flexibility index (Phi) is 5.77. The van der Waals surface area contributed by atoms with Crippen LogP contribution in [0.15, 0.2) is 18.2 Å². The summed E-state index contributed by atoms with van der Waals surface area (Å²) in [5.74, 6) is 0.817. The fourth-order valence-electron chi connectivity index (χ4n) is 5.37. The van der Waals surface area contributed by atoms with Gasteiger partial charge in [0, 0.05) is 31.7 Å². The van der Waals surface area contributed by atoms with Crippen LogP contribution in [-0.2, 0) is 11.8 Å². The number of aliphatic hydroxyl groups is 1. The molecule has 0 atom stereocenters. The number of carbonyl (C=O) groups excluding carboxylic acids is 2. The van der Waals surface area contributed by atoms with Gasteiger partial charge in [-0.3, -0.25) is 9.59 Å². The molecule has 0 unspecified atom stereocenters. The van der Waals surface area contributed by atoms with E-state index in [9.17, 15) is 14.7 Å². The molecular weight excluding hydrogens is 416 g/mol. The topological polar surface area (TPSA) is 78.7 Å². The van der Waals surface area contributed by atoms with Crippen molar-refractivity contribution in [2.45, 2.75) is 70.4 Å². The summed E-state index contributed by atoms with van der Waals surface area (Å²) in [5, 5.41) is 9.77. The molecule has 176 valence electrons. The molecule has 2 amide bonds. The van der Waals surface area contributed by atoms with E-state index >= 15 is 0 Å². The Labute approximate surface area is 195 Å². The van der Waals surface area contributed by atoms with Gasteiger partial charge in [-0.15, -0.1) is 0 Å². The molecule has 2 aliphatic carbocycles. The number of amides is 2. The fourth-order valence-corrected chi connectivity index (χ4v) is 5.37. The number of aliphatic hydroxyl groups excluding tert-OH is 1. The maximum atomic E-state index is 13.5. The monoisotopic (exact) mass is 450 g/mol. The summed E-state index contributed by atoms with van der Waals surface area (Å²) in [4.78, 5) is 34.7. The molecule has 2 saturated carbocycles. The first kappa shape index (κ1) is 22.1. The third-order valence-electron chi connectivity index (χ3n) is 7.76. The van der Waals surface area contributed by atoms with Crippen LogP contribution >= 0.6 is 0 Å². The first-order chi connectivity index (χ1) is 15.9. The highest BCUT2D eigenvalue weighted by molar-refractivity contribution is 5.99. The van der Waals surface area contributed by atoms with Crippen molar-refractivity contribution in [3.8, 4) is 0 Å². The first-order valence-electron chi connectivity index (χ1n) is 12.3. The predicted molar refractivity (Wildman–Crippen MR) is 128 cm³/mol. The van der Waals surface area contributed by atoms with E-state index in [1.54, 1.807) is 4.90 Å². The molecule has 0 bridgehead atoms. The van der Waals surface area contributed by atoms with Crippen LogP contribution in [0.4, 0.5) is 0 Å².